The number of hydrogen-bond donors (Lipinski definition) is 0. The van der Waals surface area contributed by atoms with Gasteiger partial charge >= 0.3 is 12.1 Å². The van der Waals surface area contributed by atoms with E-state index >= 15 is 4.39 Å². The van der Waals surface area contributed by atoms with Gasteiger partial charge in [0.2, 0.25) is 5.88 Å². The molecule has 0 amide bonds. The molecule has 162 valence electrons. The van der Waals surface area contributed by atoms with Crippen LogP contribution in [0.5, 0.6) is 5.88 Å². The lowest BCUT2D eigenvalue weighted by atomic mass is 10.0. The number of benzene rings is 1. The summed E-state index contributed by atoms with van der Waals surface area (Å²) >= 11 is 1.50. The summed E-state index contributed by atoms with van der Waals surface area (Å²) in [7, 11) is 0. The van der Waals surface area contributed by atoms with Crippen LogP contribution < -0.4 is 4.74 Å². The van der Waals surface area contributed by atoms with Crippen molar-refractivity contribution in [1.29, 1.82) is 0 Å². The Morgan fingerprint density at radius 2 is 1.87 bits per heavy atom. The number of aromatic nitrogens is 2. The van der Waals surface area contributed by atoms with Crippen LogP contribution in [0.1, 0.15) is 39.2 Å². The fourth-order valence-electron chi connectivity index (χ4n) is 2.74. The average Bonchev–Trinajstić information content (AvgIpc) is 3.34. The van der Waals surface area contributed by atoms with Gasteiger partial charge in [-0.25, -0.2) is 14.0 Å². The summed E-state index contributed by atoms with van der Waals surface area (Å²) in [5.41, 5.74) is -0.860. The Morgan fingerprint density at radius 1 is 1.20 bits per heavy atom. The average molecular weight is 530 g/mol. The summed E-state index contributed by atoms with van der Waals surface area (Å²) in [6, 6.07) is 10.6. The van der Waals surface area contributed by atoms with Crippen LogP contribution in [0.4, 0.5) is 9.18 Å². The topological polar surface area (TPSA) is 79.7 Å². The van der Waals surface area contributed by atoms with Crippen LogP contribution in [0, 0.1) is 5.41 Å². The highest BCUT2D eigenvalue weighted by atomic mass is 127. The molecule has 0 spiro atoms. The molecular weight excluding hydrogens is 506 g/mol. The van der Waals surface area contributed by atoms with Crippen molar-refractivity contribution in [2.24, 2.45) is 5.41 Å². The molecule has 1 heterocycles. The molecular formula is C21H24FIN2O5. The molecule has 7 nitrogen and oxygen atoms in total. The highest BCUT2D eigenvalue weighted by Crippen LogP contribution is 2.59. The van der Waals surface area contributed by atoms with Crippen LogP contribution in [0.25, 0.3) is 0 Å². The molecule has 0 radical (unpaired) electrons. The van der Waals surface area contributed by atoms with E-state index < -0.39 is 26.8 Å². The smallest absolute Gasteiger partial charge is 0.435 e. The predicted molar refractivity (Wildman–Crippen MR) is 115 cm³/mol. The highest BCUT2D eigenvalue weighted by molar-refractivity contribution is 14.1. The molecule has 3 rings (SSSR count). The molecule has 0 bridgehead atoms. The van der Waals surface area contributed by atoms with Gasteiger partial charge in [0.25, 0.3) is 3.68 Å². The van der Waals surface area contributed by atoms with Crippen molar-refractivity contribution in [3.63, 3.8) is 0 Å². The van der Waals surface area contributed by atoms with Crippen molar-refractivity contribution in [2.75, 3.05) is 6.61 Å². The van der Waals surface area contributed by atoms with E-state index in [9.17, 15) is 9.59 Å². The molecule has 1 aliphatic carbocycles. The van der Waals surface area contributed by atoms with Gasteiger partial charge in [-0.05, 0) is 61.8 Å². The molecule has 0 N–H and O–H groups in total. The third kappa shape index (κ3) is 5.30. The van der Waals surface area contributed by atoms with E-state index in [-0.39, 0.29) is 19.1 Å². The third-order valence-corrected chi connectivity index (χ3v) is 6.21. The first-order valence-electron chi connectivity index (χ1n) is 9.53. The molecule has 1 aromatic heterocycles. The maximum absolute atomic E-state index is 15.4. The number of alkyl halides is 2. The van der Waals surface area contributed by atoms with Crippen molar-refractivity contribution in [1.82, 2.24) is 9.78 Å². The SMILES string of the molecule is CC(C)(C)OC(=O)n1ccc(OCC2(C(F)(I)C(=O)OCc3ccccc3)CC2)n1. The molecule has 1 atom stereocenters. The van der Waals surface area contributed by atoms with E-state index in [1.165, 1.54) is 34.9 Å². The van der Waals surface area contributed by atoms with Gasteiger partial charge < -0.3 is 14.2 Å². The fraction of sp³-hybridized carbons (Fsp3) is 0.476. The Kier molecular flexibility index (Phi) is 6.40. The Bertz CT molecular complexity index is 904. The molecule has 1 aliphatic rings. The van der Waals surface area contributed by atoms with Gasteiger partial charge in [-0.15, -0.1) is 5.10 Å². The summed E-state index contributed by atoms with van der Waals surface area (Å²) in [6.07, 6.45) is 1.74. The van der Waals surface area contributed by atoms with E-state index in [1.54, 1.807) is 32.9 Å². The van der Waals surface area contributed by atoms with Gasteiger partial charge in [0.15, 0.2) is 0 Å². The zero-order valence-corrected chi connectivity index (χ0v) is 19.2. The van der Waals surface area contributed by atoms with Crippen LogP contribution in [0.15, 0.2) is 42.6 Å². The number of carbonyl (C=O) groups is 2. The minimum absolute atomic E-state index is 0.00553. The normalized spacial score (nSPS) is 17.0. The number of esters is 1. The summed E-state index contributed by atoms with van der Waals surface area (Å²) < 4.78 is 30.2. The van der Waals surface area contributed by atoms with E-state index in [0.717, 1.165) is 10.2 Å². The molecule has 1 fully saturated rings. The van der Waals surface area contributed by atoms with Crippen LogP contribution in [0.2, 0.25) is 0 Å². The van der Waals surface area contributed by atoms with Crippen LogP contribution >= 0.6 is 22.6 Å². The summed E-state index contributed by atoms with van der Waals surface area (Å²) in [6.45, 7) is 5.20. The lowest BCUT2D eigenvalue weighted by Crippen LogP contribution is -2.41. The zero-order chi connectivity index (χ0) is 22.0. The number of nitrogens with zero attached hydrogens (tertiary/aromatic N) is 2. The number of carbonyl (C=O) groups excluding carboxylic acids is 2. The third-order valence-electron chi connectivity index (χ3n) is 4.63. The fourth-order valence-corrected chi connectivity index (χ4v) is 3.59. The quantitative estimate of drug-likeness (QED) is 0.294. The number of rotatable bonds is 7. The largest absolute Gasteiger partial charge is 0.476 e. The van der Waals surface area contributed by atoms with Crippen molar-refractivity contribution in [3.05, 3.63) is 48.2 Å². The highest BCUT2D eigenvalue weighted by Gasteiger charge is 2.65. The van der Waals surface area contributed by atoms with Gasteiger partial charge in [-0.3, -0.25) is 0 Å². The minimum Gasteiger partial charge on any atom is -0.476 e. The molecule has 0 aliphatic heterocycles. The lowest BCUT2D eigenvalue weighted by Gasteiger charge is -2.26. The minimum atomic E-state index is -2.23. The molecule has 9 heteroatoms. The first-order valence-corrected chi connectivity index (χ1v) is 10.6. The summed E-state index contributed by atoms with van der Waals surface area (Å²) in [4.78, 5) is 24.4. The first-order chi connectivity index (χ1) is 14.0. The van der Waals surface area contributed by atoms with Gasteiger partial charge in [0, 0.05) is 12.3 Å². The van der Waals surface area contributed by atoms with Gasteiger partial charge in [-0.2, -0.15) is 4.68 Å². The Labute approximate surface area is 188 Å². The summed E-state index contributed by atoms with van der Waals surface area (Å²) in [5.74, 6) is -0.774. The monoisotopic (exact) mass is 530 g/mol. The van der Waals surface area contributed by atoms with E-state index in [0.29, 0.717) is 12.8 Å². The van der Waals surface area contributed by atoms with Crippen molar-refractivity contribution < 1.29 is 28.2 Å². The predicted octanol–water partition coefficient (Wildman–Crippen LogP) is 4.67. The zero-order valence-electron chi connectivity index (χ0n) is 17.1. The second-order valence-electron chi connectivity index (χ2n) is 8.28. The van der Waals surface area contributed by atoms with Gasteiger partial charge in [0.05, 0.1) is 5.41 Å². The van der Waals surface area contributed by atoms with Crippen LogP contribution in [0.3, 0.4) is 0 Å². The lowest BCUT2D eigenvalue weighted by molar-refractivity contribution is -0.156. The molecule has 30 heavy (non-hydrogen) atoms. The Morgan fingerprint density at radius 3 is 2.47 bits per heavy atom. The van der Waals surface area contributed by atoms with Crippen LogP contribution in [-0.2, 0) is 20.9 Å². The van der Waals surface area contributed by atoms with E-state index in [4.69, 9.17) is 14.2 Å². The first kappa shape index (κ1) is 22.5. The molecule has 1 saturated carbocycles. The number of hydrogen-bond acceptors (Lipinski definition) is 6. The van der Waals surface area contributed by atoms with E-state index in [2.05, 4.69) is 5.10 Å². The second-order valence-corrected chi connectivity index (χ2v) is 9.77. The Balaban J connectivity index is 1.57. The maximum Gasteiger partial charge on any atom is 0.435 e. The van der Waals surface area contributed by atoms with Gasteiger partial charge in [0.1, 0.15) is 18.8 Å². The second kappa shape index (κ2) is 8.52. The van der Waals surface area contributed by atoms with Crippen molar-refractivity contribution in [3.8, 4) is 5.88 Å². The molecule has 0 saturated heterocycles. The number of ether oxygens (including phenoxy) is 3. The van der Waals surface area contributed by atoms with E-state index in [1.807, 2.05) is 18.2 Å². The van der Waals surface area contributed by atoms with Gasteiger partial charge in [-0.1, -0.05) is 30.3 Å². The van der Waals surface area contributed by atoms with Crippen molar-refractivity contribution >= 4 is 34.7 Å². The molecule has 1 aromatic carbocycles. The standard InChI is InChI=1S/C21H24FIN2O5/c1-19(2,3)30-18(27)25-12-9-16(24-25)29-14-20(10-11-20)21(22,23)17(26)28-13-15-7-5-4-6-8-15/h4-9,12H,10-11,13-14H2,1-3H3. The Hall–Kier alpha value is -2.17. The van der Waals surface area contributed by atoms with Crippen molar-refractivity contribution in [2.45, 2.75) is 49.5 Å². The van der Waals surface area contributed by atoms with Crippen LogP contribution in [-0.4, -0.2) is 37.7 Å². The molecule has 1 unspecified atom stereocenters. The maximum atomic E-state index is 15.4. The molecule has 2 aromatic rings. The summed E-state index contributed by atoms with van der Waals surface area (Å²) in [5, 5.41) is 4.01. The number of halogens is 2.